The number of amides is 1. The molecule has 20 heavy (non-hydrogen) atoms. The normalized spacial score (nSPS) is 21.4. The van der Waals surface area contributed by atoms with Crippen LogP contribution < -0.4 is 10.6 Å². The highest BCUT2D eigenvalue weighted by molar-refractivity contribution is 7.99. The molecule has 2 heterocycles. The van der Waals surface area contributed by atoms with E-state index in [4.69, 9.17) is 10.5 Å². The highest BCUT2D eigenvalue weighted by Gasteiger charge is 2.42. The summed E-state index contributed by atoms with van der Waals surface area (Å²) in [5.74, 6) is 1.12. The van der Waals surface area contributed by atoms with Gasteiger partial charge in [0.15, 0.2) is 0 Å². The SMILES string of the molecule is NCC1(C(=O)N2CCSc3ccccc32)CCOCC1. The lowest BCUT2D eigenvalue weighted by atomic mass is 9.78. The van der Waals surface area contributed by atoms with Crippen molar-refractivity contribution in [1.82, 2.24) is 0 Å². The van der Waals surface area contributed by atoms with Crippen LogP contribution in [0, 0.1) is 5.41 Å². The van der Waals surface area contributed by atoms with Gasteiger partial charge in [0.2, 0.25) is 5.91 Å². The number of nitrogens with two attached hydrogens (primary N) is 1. The molecule has 0 atom stereocenters. The first-order valence-electron chi connectivity index (χ1n) is 7.08. The number of anilines is 1. The highest BCUT2D eigenvalue weighted by atomic mass is 32.2. The first kappa shape index (κ1) is 13.9. The van der Waals surface area contributed by atoms with Gasteiger partial charge in [0.05, 0.1) is 11.1 Å². The number of benzene rings is 1. The summed E-state index contributed by atoms with van der Waals surface area (Å²) < 4.78 is 5.40. The molecule has 0 radical (unpaired) electrons. The maximum atomic E-state index is 13.1. The molecule has 0 saturated carbocycles. The Balaban J connectivity index is 1.91. The van der Waals surface area contributed by atoms with Crippen LogP contribution in [-0.2, 0) is 9.53 Å². The minimum atomic E-state index is -0.437. The van der Waals surface area contributed by atoms with Gasteiger partial charge in [-0.15, -0.1) is 11.8 Å². The zero-order valence-electron chi connectivity index (χ0n) is 11.5. The lowest BCUT2D eigenvalue weighted by Gasteiger charge is -2.40. The lowest BCUT2D eigenvalue weighted by molar-refractivity contribution is -0.133. The Kier molecular flexibility index (Phi) is 4.01. The van der Waals surface area contributed by atoms with Crippen molar-refractivity contribution in [2.24, 2.45) is 11.1 Å². The molecule has 5 heteroatoms. The number of nitrogens with zero attached hydrogens (tertiary/aromatic N) is 1. The quantitative estimate of drug-likeness (QED) is 0.904. The number of fused-ring (bicyclic) bond motifs is 1. The van der Waals surface area contributed by atoms with Gasteiger partial charge in [-0.1, -0.05) is 12.1 Å². The summed E-state index contributed by atoms with van der Waals surface area (Å²) in [5, 5.41) is 0. The molecule has 2 aliphatic heterocycles. The third kappa shape index (κ3) is 2.34. The van der Waals surface area contributed by atoms with Gasteiger partial charge >= 0.3 is 0 Å². The predicted molar refractivity (Wildman–Crippen MR) is 81.1 cm³/mol. The average Bonchev–Trinajstić information content (AvgIpc) is 2.54. The Bertz CT molecular complexity index is 500. The third-order valence-electron chi connectivity index (χ3n) is 4.27. The van der Waals surface area contributed by atoms with Crippen LogP contribution in [0.4, 0.5) is 5.69 Å². The zero-order valence-corrected chi connectivity index (χ0v) is 12.3. The van der Waals surface area contributed by atoms with Crippen LogP contribution in [0.5, 0.6) is 0 Å². The van der Waals surface area contributed by atoms with E-state index in [-0.39, 0.29) is 5.91 Å². The first-order valence-corrected chi connectivity index (χ1v) is 8.07. The number of thioether (sulfide) groups is 1. The van der Waals surface area contributed by atoms with E-state index >= 15 is 0 Å². The Hall–Kier alpha value is -1.04. The fourth-order valence-electron chi connectivity index (χ4n) is 2.93. The van der Waals surface area contributed by atoms with E-state index < -0.39 is 5.41 Å². The van der Waals surface area contributed by atoms with E-state index in [1.165, 1.54) is 4.90 Å². The molecule has 0 bridgehead atoms. The Morgan fingerprint density at radius 1 is 1.35 bits per heavy atom. The molecule has 0 spiro atoms. The van der Waals surface area contributed by atoms with Crippen molar-refractivity contribution in [2.45, 2.75) is 17.7 Å². The molecule has 1 aromatic carbocycles. The predicted octanol–water partition coefficient (Wildman–Crippen LogP) is 1.88. The first-order chi connectivity index (χ1) is 9.77. The van der Waals surface area contributed by atoms with E-state index in [2.05, 4.69) is 6.07 Å². The number of para-hydroxylation sites is 1. The standard InChI is InChI=1S/C15H20N2O2S/c16-11-15(5-8-19-9-6-15)14(18)17-7-10-20-13-4-2-1-3-12(13)17/h1-4H,5-11,16H2. The van der Waals surface area contributed by atoms with Crippen molar-refractivity contribution >= 4 is 23.4 Å². The Morgan fingerprint density at radius 3 is 2.85 bits per heavy atom. The summed E-state index contributed by atoms with van der Waals surface area (Å²) >= 11 is 1.81. The second-order valence-corrected chi connectivity index (χ2v) is 6.51. The molecule has 108 valence electrons. The van der Waals surface area contributed by atoms with Crippen LogP contribution >= 0.6 is 11.8 Å². The maximum absolute atomic E-state index is 13.1. The maximum Gasteiger partial charge on any atom is 0.234 e. The van der Waals surface area contributed by atoms with Gasteiger partial charge in [-0.05, 0) is 25.0 Å². The van der Waals surface area contributed by atoms with Crippen molar-refractivity contribution in [3.63, 3.8) is 0 Å². The molecule has 4 nitrogen and oxygen atoms in total. The molecule has 1 fully saturated rings. The average molecular weight is 292 g/mol. The van der Waals surface area contributed by atoms with Gasteiger partial charge in [0.1, 0.15) is 0 Å². The second kappa shape index (κ2) is 5.76. The molecule has 2 N–H and O–H groups in total. The summed E-state index contributed by atoms with van der Waals surface area (Å²) in [5.41, 5.74) is 6.56. The van der Waals surface area contributed by atoms with Gasteiger partial charge < -0.3 is 15.4 Å². The second-order valence-electron chi connectivity index (χ2n) is 5.37. The van der Waals surface area contributed by atoms with Crippen molar-refractivity contribution in [1.29, 1.82) is 0 Å². The van der Waals surface area contributed by atoms with Crippen LogP contribution in [0.2, 0.25) is 0 Å². The van der Waals surface area contributed by atoms with Gasteiger partial charge in [-0.25, -0.2) is 0 Å². The van der Waals surface area contributed by atoms with Gasteiger partial charge in [-0.2, -0.15) is 0 Å². The van der Waals surface area contributed by atoms with Crippen LogP contribution in [-0.4, -0.2) is 38.0 Å². The van der Waals surface area contributed by atoms with Gasteiger partial charge in [-0.3, -0.25) is 4.79 Å². The van der Waals surface area contributed by atoms with E-state index in [1.807, 2.05) is 34.9 Å². The molecule has 0 aromatic heterocycles. The smallest absolute Gasteiger partial charge is 0.234 e. The van der Waals surface area contributed by atoms with Gasteiger partial charge in [0.25, 0.3) is 0 Å². The van der Waals surface area contributed by atoms with Crippen molar-refractivity contribution < 1.29 is 9.53 Å². The molecular weight excluding hydrogens is 272 g/mol. The molecule has 2 aliphatic rings. The zero-order chi connectivity index (χ0) is 14.0. The number of hydrogen-bond acceptors (Lipinski definition) is 4. The summed E-state index contributed by atoms with van der Waals surface area (Å²) in [7, 11) is 0. The van der Waals surface area contributed by atoms with E-state index in [0.29, 0.717) is 19.8 Å². The van der Waals surface area contributed by atoms with Crippen molar-refractivity contribution in [3.05, 3.63) is 24.3 Å². The number of ether oxygens (including phenoxy) is 1. The lowest BCUT2D eigenvalue weighted by Crippen LogP contribution is -2.52. The number of carbonyl (C=O) groups excluding carboxylic acids is 1. The van der Waals surface area contributed by atoms with Crippen LogP contribution in [0.15, 0.2) is 29.2 Å². The summed E-state index contributed by atoms with van der Waals surface area (Å²) in [4.78, 5) is 16.2. The Labute approximate surface area is 123 Å². The minimum absolute atomic E-state index is 0.177. The fourth-order valence-corrected chi connectivity index (χ4v) is 3.93. The molecule has 0 aliphatic carbocycles. The van der Waals surface area contributed by atoms with Crippen LogP contribution in [0.3, 0.4) is 0 Å². The molecule has 1 saturated heterocycles. The summed E-state index contributed by atoms with van der Waals surface area (Å²) in [6.07, 6.45) is 1.46. The summed E-state index contributed by atoms with van der Waals surface area (Å²) in [6.45, 7) is 2.43. The monoisotopic (exact) mass is 292 g/mol. The van der Waals surface area contributed by atoms with Crippen molar-refractivity contribution in [3.8, 4) is 0 Å². The molecule has 0 unspecified atom stereocenters. The van der Waals surface area contributed by atoms with Gasteiger partial charge in [0, 0.05) is 37.0 Å². The van der Waals surface area contributed by atoms with Crippen LogP contribution in [0.1, 0.15) is 12.8 Å². The molecule has 1 aromatic rings. The highest BCUT2D eigenvalue weighted by Crippen LogP contribution is 2.39. The number of carbonyl (C=O) groups is 1. The summed E-state index contributed by atoms with van der Waals surface area (Å²) in [6, 6.07) is 8.12. The minimum Gasteiger partial charge on any atom is -0.381 e. The van der Waals surface area contributed by atoms with E-state index in [1.54, 1.807) is 0 Å². The number of hydrogen-bond donors (Lipinski definition) is 1. The third-order valence-corrected chi connectivity index (χ3v) is 5.31. The van der Waals surface area contributed by atoms with E-state index in [9.17, 15) is 4.79 Å². The largest absolute Gasteiger partial charge is 0.381 e. The molecule has 1 amide bonds. The molecule has 3 rings (SSSR count). The topological polar surface area (TPSA) is 55.6 Å². The molecular formula is C15H20N2O2S. The van der Waals surface area contributed by atoms with Crippen LogP contribution in [0.25, 0.3) is 0 Å². The fraction of sp³-hybridized carbons (Fsp3) is 0.533. The van der Waals surface area contributed by atoms with E-state index in [0.717, 1.165) is 30.8 Å². The number of rotatable bonds is 2. The van der Waals surface area contributed by atoms with Crippen molar-refractivity contribution in [2.75, 3.05) is 37.0 Å². The Morgan fingerprint density at radius 2 is 2.10 bits per heavy atom.